The molecule has 4 heteroatoms. The summed E-state index contributed by atoms with van der Waals surface area (Å²) >= 11 is 5.92. The van der Waals surface area contributed by atoms with Crippen molar-refractivity contribution >= 4 is 33.4 Å². The molecule has 4 aromatic carbocycles. The van der Waals surface area contributed by atoms with Crippen molar-refractivity contribution in [2.45, 2.75) is 0 Å². The van der Waals surface area contributed by atoms with Gasteiger partial charge in [0.1, 0.15) is 5.15 Å². The SMILES string of the molecule is Clc1cccc(-c2[c-]c(-c3[c-]cccc3)ccc2)n1.[Ni+3].c1ccc2c(c1)[n-]c1ccccc12. The van der Waals surface area contributed by atoms with E-state index in [0.29, 0.717) is 5.15 Å². The third-order valence-electron chi connectivity index (χ3n) is 5.12. The third kappa shape index (κ3) is 5.17. The van der Waals surface area contributed by atoms with Gasteiger partial charge in [0.2, 0.25) is 0 Å². The van der Waals surface area contributed by atoms with Crippen LogP contribution in [0.2, 0.25) is 5.15 Å². The van der Waals surface area contributed by atoms with E-state index in [-0.39, 0.29) is 16.5 Å². The van der Waals surface area contributed by atoms with Crippen LogP contribution >= 0.6 is 11.6 Å². The van der Waals surface area contributed by atoms with E-state index >= 15 is 0 Å². The van der Waals surface area contributed by atoms with Crippen LogP contribution in [0.3, 0.4) is 0 Å². The van der Waals surface area contributed by atoms with Crippen LogP contribution in [0.1, 0.15) is 0 Å². The molecule has 0 fully saturated rings. The first-order valence-electron chi connectivity index (χ1n) is 10.3. The maximum atomic E-state index is 5.92. The molecule has 2 heterocycles. The van der Waals surface area contributed by atoms with Gasteiger partial charge in [0, 0.05) is 5.69 Å². The van der Waals surface area contributed by atoms with E-state index in [1.807, 2.05) is 66.7 Å². The maximum absolute atomic E-state index is 5.92. The molecule has 0 amide bonds. The second-order valence-corrected chi connectivity index (χ2v) is 7.63. The van der Waals surface area contributed by atoms with Crippen molar-refractivity contribution in [2.75, 3.05) is 0 Å². The molecule has 0 saturated heterocycles. The van der Waals surface area contributed by atoms with Gasteiger partial charge in [-0.1, -0.05) is 72.3 Å². The first-order chi connectivity index (χ1) is 15.8. The number of aromatic nitrogens is 2. The van der Waals surface area contributed by atoms with Gasteiger partial charge in [-0.15, -0.1) is 34.8 Å². The van der Waals surface area contributed by atoms with Gasteiger partial charge >= 0.3 is 16.5 Å². The molecule has 2 nitrogen and oxygen atoms in total. The Kier molecular flexibility index (Phi) is 7.24. The molecule has 161 valence electrons. The van der Waals surface area contributed by atoms with E-state index in [1.54, 1.807) is 6.07 Å². The smallest absolute Gasteiger partial charge is 0.657 e. The number of nitrogens with zero attached hydrogens (tertiary/aromatic N) is 2. The maximum Gasteiger partial charge on any atom is 3.00 e. The van der Waals surface area contributed by atoms with Crippen LogP contribution in [0, 0.1) is 12.1 Å². The Bertz CT molecular complexity index is 1440. The van der Waals surface area contributed by atoms with Crippen LogP contribution < -0.4 is 4.98 Å². The summed E-state index contributed by atoms with van der Waals surface area (Å²) in [5, 5.41) is 2.98. The average molecular weight is 489 g/mol. The number of hydrogen-bond donors (Lipinski definition) is 0. The van der Waals surface area contributed by atoms with Gasteiger partial charge in [-0.25, -0.2) is 5.56 Å². The topological polar surface area (TPSA) is 27.0 Å². The summed E-state index contributed by atoms with van der Waals surface area (Å²) in [6.07, 6.45) is 0. The zero-order valence-corrected chi connectivity index (χ0v) is 19.2. The molecule has 6 rings (SSSR count). The zero-order chi connectivity index (χ0) is 21.8. The molecule has 0 spiro atoms. The molecule has 33 heavy (non-hydrogen) atoms. The van der Waals surface area contributed by atoms with Crippen LogP contribution in [-0.4, -0.2) is 4.98 Å². The van der Waals surface area contributed by atoms with Gasteiger partial charge in [-0.2, -0.15) is 42.0 Å². The van der Waals surface area contributed by atoms with Crippen LogP contribution in [-0.2, 0) is 16.5 Å². The van der Waals surface area contributed by atoms with E-state index < -0.39 is 0 Å². The minimum atomic E-state index is 0. The zero-order valence-electron chi connectivity index (χ0n) is 17.5. The van der Waals surface area contributed by atoms with Crippen LogP contribution in [0.15, 0.2) is 109 Å². The molecule has 0 aliphatic carbocycles. The Labute approximate surface area is 208 Å². The van der Waals surface area contributed by atoms with Gasteiger partial charge in [0.25, 0.3) is 0 Å². The van der Waals surface area contributed by atoms with E-state index in [2.05, 4.69) is 58.5 Å². The standard InChI is InChI=1S/C17H10ClN.C12H8N.Ni/c18-17-11-5-10-16(19-17)15-9-4-8-14(12-15)13-6-2-1-3-7-13;1-3-7-11-9(5-1)10-6-2-4-8-12(10)13-11;/h1-6,8-11H;1-8H;/q-2;-1;+3. The summed E-state index contributed by atoms with van der Waals surface area (Å²) in [4.78, 5) is 8.82. The predicted octanol–water partition coefficient (Wildman–Crippen LogP) is 7.62. The monoisotopic (exact) mass is 487 g/mol. The number of pyridine rings is 1. The Morgan fingerprint density at radius 1 is 0.606 bits per heavy atom. The molecule has 0 aliphatic rings. The Hall–Kier alpha value is -3.39. The quantitative estimate of drug-likeness (QED) is 0.142. The summed E-state index contributed by atoms with van der Waals surface area (Å²) < 4.78 is 0. The van der Waals surface area contributed by atoms with Crippen molar-refractivity contribution in [3.63, 3.8) is 0 Å². The summed E-state index contributed by atoms with van der Waals surface area (Å²) in [6, 6.07) is 42.4. The van der Waals surface area contributed by atoms with Gasteiger partial charge in [0.15, 0.2) is 0 Å². The number of para-hydroxylation sites is 2. The molecule has 0 saturated carbocycles. The summed E-state index contributed by atoms with van der Waals surface area (Å²) in [6.45, 7) is 0. The second kappa shape index (κ2) is 10.5. The number of rotatable bonds is 2. The van der Waals surface area contributed by atoms with Crippen molar-refractivity contribution < 1.29 is 16.5 Å². The Balaban J connectivity index is 0.000000162. The first-order valence-corrected chi connectivity index (χ1v) is 10.7. The normalized spacial score (nSPS) is 10.3. The molecule has 6 aromatic rings. The number of hydrogen-bond acceptors (Lipinski definition) is 1. The molecule has 0 atom stereocenters. The fourth-order valence-electron chi connectivity index (χ4n) is 3.62. The minimum absolute atomic E-state index is 0. The molecule has 0 N–H and O–H groups in total. The molecule has 0 aliphatic heterocycles. The number of fused-ring (bicyclic) bond motifs is 3. The first kappa shape index (κ1) is 22.8. The largest absolute Gasteiger partial charge is 3.00 e. The fraction of sp³-hybridized carbons (Fsp3) is 0. The van der Waals surface area contributed by atoms with Crippen molar-refractivity contribution in [2.24, 2.45) is 0 Å². The van der Waals surface area contributed by atoms with Crippen molar-refractivity contribution in [1.82, 2.24) is 9.97 Å². The fourth-order valence-corrected chi connectivity index (χ4v) is 3.79. The summed E-state index contributed by atoms with van der Waals surface area (Å²) in [5.74, 6) is 0. The van der Waals surface area contributed by atoms with Gasteiger partial charge in [0.05, 0.1) is 0 Å². The predicted molar refractivity (Wildman–Crippen MR) is 133 cm³/mol. The van der Waals surface area contributed by atoms with Gasteiger partial charge in [-0.3, -0.25) is 4.98 Å². The molecule has 0 bridgehead atoms. The van der Waals surface area contributed by atoms with E-state index in [0.717, 1.165) is 33.4 Å². The van der Waals surface area contributed by atoms with Crippen molar-refractivity contribution in [3.05, 3.63) is 126 Å². The van der Waals surface area contributed by atoms with E-state index in [4.69, 9.17) is 11.6 Å². The van der Waals surface area contributed by atoms with Crippen LogP contribution in [0.4, 0.5) is 0 Å². The minimum Gasteiger partial charge on any atom is -0.657 e. The molecule has 0 unspecified atom stereocenters. The van der Waals surface area contributed by atoms with Crippen LogP contribution in [0.25, 0.3) is 44.2 Å². The summed E-state index contributed by atoms with van der Waals surface area (Å²) in [5.41, 5.74) is 5.95. The number of halogens is 1. The number of benzene rings is 4. The molecule has 1 radical (unpaired) electrons. The third-order valence-corrected chi connectivity index (χ3v) is 5.34. The molecule has 2 aromatic heterocycles. The Morgan fingerprint density at radius 3 is 1.88 bits per heavy atom. The average Bonchev–Trinajstić information content (AvgIpc) is 3.24. The van der Waals surface area contributed by atoms with Gasteiger partial charge < -0.3 is 4.98 Å². The van der Waals surface area contributed by atoms with Crippen LogP contribution in [0.5, 0.6) is 0 Å². The van der Waals surface area contributed by atoms with Crippen molar-refractivity contribution in [3.8, 4) is 22.4 Å². The molecular formula is C29H18ClN2Ni. The van der Waals surface area contributed by atoms with E-state index in [1.165, 1.54) is 10.8 Å². The second-order valence-electron chi connectivity index (χ2n) is 7.25. The summed E-state index contributed by atoms with van der Waals surface area (Å²) in [7, 11) is 0. The molecular weight excluding hydrogens is 470 g/mol. The van der Waals surface area contributed by atoms with Crippen molar-refractivity contribution in [1.29, 1.82) is 0 Å². The Morgan fingerprint density at radius 2 is 1.21 bits per heavy atom. The van der Waals surface area contributed by atoms with Gasteiger partial charge in [-0.05, 0) is 16.8 Å². The van der Waals surface area contributed by atoms with E-state index in [9.17, 15) is 0 Å².